The molecule has 31 heavy (non-hydrogen) atoms. The molecule has 4 heterocycles. The van der Waals surface area contributed by atoms with Crippen molar-refractivity contribution in [2.75, 3.05) is 50.7 Å². The van der Waals surface area contributed by atoms with Gasteiger partial charge < -0.3 is 9.80 Å². The molecule has 1 atom stereocenters. The first-order valence-electron chi connectivity index (χ1n) is 11.3. The van der Waals surface area contributed by atoms with E-state index in [2.05, 4.69) is 25.8 Å². The minimum absolute atomic E-state index is 0.0708. The molecule has 2 aromatic heterocycles. The first kappa shape index (κ1) is 19.9. The van der Waals surface area contributed by atoms with E-state index in [1.807, 2.05) is 53.6 Å². The van der Waals surface area contributed by atoms with E-state index in [4.69, 9.17) is 0 Å². The standard InChI is InChI=1S/C25H29N5O/c31-25(24-22-8-2-1-7-21(22)10-12-27-24)30-13-5-6-20(19-30)18-28-14-16-29(17-15-28)23-9-3-4-11-26-23/h1-4,7-12,20H,5-6,13-19H2. The highest BCUT2D eigenvalue weighted by Gasteiger charge is 2.28. The Morgan fingerprint density at radius 1 is 0.903 bits per heavy atom. The molecule has 1 unspecified atom stereocenters. The van der Waals surface area contributed by atoms with E-state index >= 15 is 0 Å². The predicted octanol–water partition coefficient (Wildman–Crippen LogP) is 3.30. The number of hydrogen-bond donors (Lipinski definition) is 0. The number of pyridine rings is 2. The van der Waals surface area contributed by atoms with Gasteiger partial charge in [-0.3, -0.25) is 14.7 Å². The van der Waals surface area contributed by atoms with E-state index in [1.165, 1.54) is 6.42 Å². The Bertz CT molecular complexity index is 1030. The van der Waals surface area contributed by atoms with Crippen LogP contribution in [0.4, 0.5) is 5.82 Å². The molecule has 1 aromatic carbocycles. The summed E-state index contributed by atoms with van der Waals surface area (Å²) in [7, 11) is 0. The largest absolute Gasteiger partial charge is 0.354 e. The highest BCUT2D eigenvalue weighted by Crippen LogP contribution is 2.23. The zero-order chi connectivity index (χ0) is 21.0. The summed E-state index contributed by atoms with van der Waals surface area (Å²) in [6.07, 6.45) is 5.86. The fourth-order valence-electron chi connectivity index (χ4n) is 4.90. The number of benzene rings is 1. The normalized spacial score (nSPS) is 20.2. The van der Waals surface area contributed by atoms with Gasteiger partial charge in [0.05, 0.1) is 0 Å². The second kappa shape index (κ2) is 9.02. The van der Waals surface area contributed by atoms with Crippen molar-refractivity contribution in [1.29, 1.82) is 0 Å². The third-order valence-corrected chi connectivity index (χ3v) is 6.54. The number of aromatic nitrogens is 2. The van der Waals surface area contributed by atoms with Crippen LogP contribution in [0, 0.1) is 5.92 Å². The minimum atomic E-state index is 0.0708. The van der Waals surface area contributed by atoms with Crippen molar-refractivity contribution in [3.8, 4) is 0 Å². The number of carbonyl (C=O) groups is 1. The van der Waals surface area contributed by atoms with Crippen LogP contribution in [0.5, 0.6) is 0 Å². The molecule has 0 aliphatic carbocycles. The monoisotopic (exact) mass is 415 g/mol. The second-order valence-corrected chi connectivity index (χ2v) is 8.62. The third-order valence-electron chi connectivity index (χ3n) is 6.54. The van der Waals surface area contributed by atoms with Gasteiger partial charge in [0, 0.05) is 63.6 Å². The van der Waals surface area contributed by atoms with Gasteiger partial charge in [-0.1, -0.05) is 30.3 Å². The van der Waals surface area contributed by atoms with Crippen LogP contribution in [0.2, 0.25) is 0 Å². The molecule has 0 spiro atoms. The van der Waals surface area contributed by atoms with Crippen LogP contribution in [0.3, 0.4) is 0 Å². The average molecular weight is 416 g/mol. The molecule has 2 aliphatic rings. The molecule has 5 rings (SSSR count). The van der Waals surface area contributed by atoms with Crippen LogP contribution in [0.15, 0.2) is 60.9 Å². The van der Waals surface area contributed by atoms with Crippen molar-refractivity contribution in [3.05, 3.63) is 66.6 Å². The van der Waals surface area contributed by atoms with Crippen molar-refractivity contribution in [1.82, 2.24) is 19.8 Å². The SMILES string of the molecule is O=C(c1nccc2ccccc12)N1CCCC(CN2CCN(c3ccccn3)CC2)C1. The quantitative estimate of drug-likeness (QED) is 0.654. The lowest BCUT2D eigenvalue weighted by Crippen LogP contribution is -2.50. The van der Waals surface area contributed by atoms with Crippen LogP contribution >= 0.6 is 0 Å². The summed E-state index contributed by atoms with van der Waals surface area (Å²) in [5, 5.41) is 2.02. The van der Waals surface area contributed by atoms with E-state index in [0.717, 1.165) is 68.8 Å². The number of likely N-dealkylation sites (tertiary alicyclic amines) is 1. The number of piperidine rings is 1. The van der Waals surface area contributed by atoms with Gasteiger partial charge in [0.25, 0.3) is 5.91 Å². The number of hydrogen-bond acceptors (Lipinski definition) is 5. The lowest BCUT2D eigenvalue weighted by atomic mass is 9.96. The van der Waals surface area contributed by atoms with Crippen LogP contribution in [-0.4, -0.2) is 71.5 Å². The van der Waals surface area contributed by atoms with Crippen molar-refractivity contribution >= 4 is 22.5 Å². The maximum atomic E-state index is 13.3. The van der Waals surface area contributed by atoms with Gasteiger partial charge in [0.1, 0.15) is 11.5 Å². The number of rotatable bonds is 4. The van der Waals surface area contributed by atoms with Gasteiger partial charge in [-0.2, -0.15) is 0 Å². The number of amides is 1. The number of piperazine rings is 1. The smallest absolute Gasteiger partial charge is 0.273 e. The van der Waals surface area contributed by atoms with Crippen LogP contribution in [0.1, 0.15) is 23.3 Å². The first-order valence-corrected chi connectivity index (χ1v) is 11.3. The van der Waals surface area contributed by atoms with E-state index in [-0.39, 0.29) is 5.91 Å². The summed E-state index contributed by atoms with van der Waals surface area (Å²) in [6.45, 7) is 6.82. The summed E-state index contributed by atoms with van der Waals surface area (Å²) < 4.78 is 0. The van der Waals surface area contributed by atoms with Crippen molar-refractivity contribution in [2.24, 2.45) is 5.92 Å². The summed E-state index contributed by atoms with van der Waals surface area (Å²) in [5.74, 6) is 1.66. The van der Waals surface area contributed by atoms with Crippen molar-refractivity contribution in [2.45, 2.75) is 12.8 Å². The van der Waals surface area contributed by atoms with Crippen LogP contribution < -0.4 is 4.90 Å². The summed E-state index contributed by atoms with van der Waals surface area (Å²) in [6, 6.07) is 16.1. The zero-order valence-electron chi connectivity index (χ0n) is 17.9. The molecule has 2 fully saturated rings. The number of anilines is 1. The number of fused-ring (bicyclic) bond motifs is 1. The van der Waals surface area contributed by atoms with E-state index < -0.39 is 0 Å². The Hall–Kier alpha value is -2.99. The van der Waals surface area contributed by atoms with Gasteiger partial charge in [0.2, 0.25) is 0 Å². The van der Waals surface area contributed by atoms with Gasteiger partial charge in [-0.15, -0.1) is 0 Å². The highest BCUT2D eigenvalue weighted by molar-refractivity contribution is 6.05. The van der Waals surface area contributed by atoms with Crippen molar-refractivity contribution in [3.63, 3.8) is 0 Å². The van der Waals surface area contributed by atoms with E-state index in [9.17, 15) is 4.79 Å². The van der Waals surface area contributed by atoms with Crippen LogP contribution in [0.25, 0.3) is 10.8 Å². The average Bonchev–Trinajstić information content (AvgIpc) is 2.84. The Morgan fingerprint density at radius 2 is 1.74 bits per heavy atom. The molecule has 2 aliphatic heterocycles. The maximum absolute atomic E-state index is 13.3. The predicted molar refractivity (Wildman–Crippen MR) is 123 cm³/mol. The molecule has 0 N–H and O–H groups in total. The summed E-state index contributed by atoms with van der Waals surface area (Å²) in [4.78, 5) is 29.1. The summed E-state index contributed by atoms with van der Waals surface area (Å²) in [5.41, 5.74) is 0.586. The molecule has 3 aromatic rings. The lowest BCUT2D eigenvalue weighted by molar-refractivity contribution is 0.0633. The first-order chi connectivity index (χ1) is 15.3. The molecule has 6 nitrogen and oxygen atoms in total. The summed E-state index contributed by atoms with van der Waals surface area (Å²) >= 11 is 0. The van der Waals surface area contributed by atoms with Gasteiger partial charge in [-0.25, -0.2) is 4.98 Å². The Kier molecular flexibility index (Phi) is 5.80. The number of nitrogens with zero attached hydrogens (tertiary/aromatic N) is 5. The Labute approximate surface area is 183 Å². The zero-order valence-corrected chi connectivity index (χ0v) is 17.9. The minimum Gasteiger partial charge on any atom is -0.354 e. The Morgan fingerprint density at radius 3 is 2.58 bits per heavy atom. The highest BCUT2D eigenvalue weighted by atomic mass is 16.2. The molecular formula is C25H29N5O. The van der Waals surface area contributed by atoms with Gasteiger partial charge >= 0.3 is 0 Å². The molecule has 0 bridgehead atoms. The van der Waals surface area contributed by atoms with E-state index in [0.29, 0.717) is 11.6 Å². The van der Waals surface area contributed by atoms with Crippen LogP contribution in [-0.2, 0) is 0 Å². The lowest BCUT2D eigenvalue weighted by Gasteiger charge is -2.39. The van der Waals surface area contributed by atoms with Gasteiger partial charge in [-0.05, 0) is 42.3 Å². The molecule has 0 radical (unpaired) electrons. The Balaban J connectivity index is 1.20. The molecule has 160 valence electrons. The molecule has 1 amide bonds. The molecule has 0 saturated carbocycles. The maximum Gasteiger partial charge on any atom is 0.273 e. The molecule has 2 saturated heterocycles. The topological polar surface area (TPSA) is 52.6 Å². The number of carbonyl (C=O) groups excluding carboxylic acids is 1. The fourth-order valence-corrected chi connectivity index (χ4v) is 4.90. The second-order valence-electron chi connectivity index (χ2n) is 8.62. The third kappa shape index (κ3) is 4.39. The van der Waals surface area contributed by atoms with Crippen molar-refractivity contribution < 1.29 is 4.79 Å². The van der Waals surface area contributed by atoms with E-state index in [1.54, 1.807) is 6.20 Å². The molecule has 6 heteroatoms. The van der Waals surface area contributed by atoms with Gasteiger partial charge in [0.15, 0.2) is 0 Å². The fraction of sp³-hybridized carbons (Fsp3) is 0.400. The molecular weight excluding hydrogens is 386 g/mol.